The zero-order chi connectivity index (χ0) is 40.6. The molecule has 0 amide bonds. The van der Waals surface area contributed by atoms with Crippen molar-refractivity contribution in [1.29, 1.82) is 0 Å². The molecule has 0 aliphatic heterocycles. The van der Waals surface area contributed by atoms with Gasteiger partial charge in [0.05, 0.1) is 0 Å². The third-order valence-electron chi connectivity index (χ3n) is 12.2. The van der Waals surface area contributed by atoms with Gasteiger partial charge in [0.1, 0.15) is 29.1 Å². The van der Waals surface area contributed by atoms with Crippen molar-refractivity contribution >= 4 is 21.5 Å². The van der Waals surface area contributed by atoms with E-state index in [9.17, 15) is 26.3 Å². The number of alkyl halides is 6. The van der Waals surface area contributed by atoms with E-state index in [0.717, 1.165) is 63.5 Å². The van der Waals surface area contributed by atoms with Crippen LogP contribution >= 0.6 is 0 Å². The van der Waals surface area contributed by atoms with Crippen LogP contribution in [-0.2, 0) is 0 Å². The molecule has 0 heterocycles. The molecular formula is C49H46F6O3. The third-order valence-corrected chi connectivity index (χ3v) is 12.2. The largest absolute Gasteiger partial charge is 0.490 e. The van der Waals surface area contributed by atoms with Crippen molar-refractivity contribution in [3.05, 3.63) is 144 Å². The lowest BCUT2D eigenvalue weighted by Gasteiger charge is -2.27. The molecule has 2 fully saturated rings. The van der Waals surface area contributed by atoms with E-state index in [1.807, 2.05) is 37.3 Å². The number of rotatable bonds is 13. The lowest BCUT2D eigenvalue weighted by molar-refractivity contribution is -0.299. The molecule has 0 saturated heterocycles. The summed E-state index contributed by atoms with van der Waals surface area (Å²) in [6, 6.07) is 40.7. The Morgan fingerprint density at radius 2 is 1.05 bits per heavy atom. The van der Waals surface area contributed by atoms with Crippen LogP contribution in [0.1, 0.15) is 86.8 Å². The van der Waals surface area contributed by atoms with Crippen molar-refractivity contribution < 1.29 is 40.6 Å². The molecule has 2 aliphatic carbocycles. The number of hydrogen-bond acceptors (Lipinski definition) is 3. The third kappa shape index (κ3) is 9.09. The molecule has 0 spiro atoms. The molecule has 2 aliphatic rings. The molecular weight excluding hydrogens is 751 g/mol. The maximum Gasteiger partial charge on any atom is 0.434 e. The summed E-state index contributed by atoms with van der Waals surface area (Å²) < 4.78 is 96.0. The van der Waals surface area contributed by atoms with Gasteiger partial charge in [0.2, 0.25) is 0 Å². The van der Waals surface area contributed by atoms with E-state index in [4.69, 9.17) is 9.47 Å². The maximum atomic E-state index is 13.1. The number of fused-ring (bicyclic) bond motifs is 4. The second kappa shape index (κ2) is 16.2. The Morgan fingerprint density at radius 1 is 0.534 bits per heavy atom. The van der Waals surface area contributed by atoms with Gasteiger partial charge in [-0.05, 0) is 167 Å². The predicted octanol–water partition coefficient (Wildman–Crippen LogP) is 14.7. The van der Waals surface area contributed by atoms with Crippen LogP contribution in [0.4, 0.5) is 26.3 Å². The zero-order valence-electron chi connectivity index (χ0n) is 32.4. The Balaban J connectivity index is 0.969. The van der Waals surface area contributed by atoms with Gasteiger partial charge in [-0.1, -0.05) is 80.6 Å². The summed E-state index contributed by atoms with van der Waals surface area (Å²) in [5, 5.41) is 4.62. The molecule has 302 valence electrons. The minimum Gasteiger partial charge on any atom is -0.490 e. The van der Waals surface area contributed by atoms with Crippen molar-refractivity contribution in [2.75, 3.05) is 0 Å². The van der Waals surface area contributed by atoms with Gasteiger partial charge in [-0.25, -0.2) is 0 Å². The molecule has 6 atom stereocenters. The molecule has 58 heavy (non-hydrogen) atoms. The van der Waals surface area contributed by atoms with Gasteiger partial charge < -0.3 is 14.2 Å². The smallest absolute Gasteiger partial charge is 0.434 e. The van der Waals surface area contributed by atoms with Gasteiger partial charge in [0, 0.05) is 0 Å². The van der Waals surface area contributed by atoms with Gasteiger partial charge in [0.25, 0.3) is 6.10 Å². The number of halogens is 6. The summed E-state index contributed by atoms with van der Waals surface area (Å²) in [5.74, 6) is 3.45. The highest BCUT2D eigenvalue weighted by Gasteiger charge is 2.59. The topological polar surface area (TPSA) is 27.7 Å². The van der Waals surface area contributed by atoms with Crippen LogP contribution in [0.25, 0.3) is 21.5 Å². The first-order valence-corrected chi connectivity index (χ1v) is 20.1. The van der Waals surface area contributed by atoms with Crippen LogP contribution in [0.2, 0.25) is 0 Å². The van der Waals surface area contributed by atoms with Crippen LogP contribution in [0, 0.1) is 11.8 Å². The second-order valence-electron chi connectivity index (χ2n) is 16.4. The van der Waals surface area contributed by atoms with Crippen LogP contribution < -0.4 is 14.2 Å². The fourth-order valence-corrected chi connectivity index (χ4v) is 9.13. The van der Waals surface area contributed by atoms with Crippen LogP contribution in [0.15, 0.2) is 127 Å². The Labute approximate surface area is 334 Å². The van der Waals surface area contributed by atoms with Crippen molar-refractivity contribution in [2.24, 2.45) is 11.8 Å². The van der Waals surface area contributed by atoms with E-state index in [2.05, 4.69) is 84.5 Å². The molecule has 6 aromatic carbocycles. The van der Waals surface area contributed by atoms with E-state index >= 15 is 0 Å². The first kappa shape index (κ1) is 39.6. The lowest BCUT2D eigenvalue weighted by atomic mass is 9.79. The van der Waals surface area contributed by atoms with E-state index in [0.29, 0.717) is 12.3 Å². The zero-order valence-corrected chi connectivity index (χ0v) is 32.4. The standard InChI is InChI=1S/C49H46F6O3/c1-30(33-9-16-42(17-10-33)56-45-22-15-38-27-36-5-3-4-6-37(36)28-41(38)29-45)23-40(35-13-20-43(21-14-35)57-46-26-32-7-8-39(46)25-32)24-31(2)34-11-18-44(19-12-34)58-47(48(50,51)52)49(53,54)55/h3-6,9-22,27-32,39-40,46-47H,7-8,23-26H2,1-2H3. The maximum absolute atomic E-state index is 13.1. The van der Waals surface area contributed by atoms with Gasteiger partial charge in [-0.15, -0.1) is 0 Å². The average molecular weight is 797 g/mol. The van der Waals surface area contributed by atoms with Gasteiger partial charge in [-0.2, -0.15) is 26.3 Å². The monoisotopic (exact) mass is 796 g/mol. The van der Waals surface area contributed by atoms with Crippen molar-refractivity contribution in [3.63, 3.8) is 0 Å². The fourth-order valence-electron chi connectivity index (χ4n) is 9.13. The second-order valence-corrected chi connectivity index (χ2v) is 16.4. The summed E-state index contributed by atoms with van der Waals surface area (Å²) >= 11 is 0. The summed E-state index contributed by atoms with van der Waals surface area (Å²) in [7, 11) is 0. The molecule has 0 aromatic heterocycles. The number of benzene rings is 6. The average Bonchev–Trinajstić information content (AvgIpc) is 3.83. The Kier molecular flexibility index (Phi) is 11.1. The molecule has 3 nitrogen and oxygen atoms in total. The molecule has 6 unspecified atom stereocenters. The summed E-state index contributed by atoms with van der Waals surface area (Å²) in [6.07, 6.45) is -8.40. The SMILES string of the molecule is CC(CC(CC(C)c1ccc(OC(C(F)(F)F)C(F)(F)F)cc1)c1ccc(OC2CC3CCC2C3)cc1)c1ccc(Oc2ccc3cc4ccccc4cc3c2)cc1. The highest BCUT2D eigenvalue weighted by molar-refractivity contribution is 5.98. The van der Waals surface area contributed by atoms with Gasteiger partial charge in [0.15, 0.2) is 0 Å². The minimum atomic E-state index is -5.59. The summed E-state index contributed by atoms with van der Waals surface area (Å²) in [6.45, 7) is 4.22. The first-order chi connectivity index (χ1) is 27.7. The van der Waals surface area contributed by atoms with Gasteiger partial charge in [-0.3, -0.25) is 0 Å². The molecule has 0 radical (unpaired) electrons. The first-order valence-electron chi connectivity index (χ1n) is 20.1. The molecule has 0 N–H and O–H groups in total. The van der Waals surface area contributed by atoms with E-state index in [1.165, 1.54) is 42.2 Å². The van der Waals surface area contributed by atoms with Crippen LogP contribution in [0.5, 0.6) is 23.0 Å². The molecule has 2 saturated carbocycles. The van der Waals surface area contributed by atoms with E-state index in [1.54, 1.807) is 12.1 Å². The molecule has 2 bridgehead atoms. The van der Waals surface area contributed by atoms with Gasteiger partial charge >= 0.3 is 12.4 Å². The Morgan fingerprint density at radius 3 is 1.60 bits per heavy atom. The van der Waals surface area contributed by atoms with Crippen molar-refractivity contribution in [3.8, 4) is 23.0 Å². The van der Waals surface area contributed by atoms with E-state index in [-0.39, 0.29) is 23.9 Å². The minimum absolute atomic E-state index is 0.0621. The van der Waals surface area contributed by atoms with Crippen molar-refractivity contribution in [1.82, 2.24) is 0 Å². The summed E-state index contributed by atoms with van der Waals surface area (Å²) in [5.41, 5.74) is 3.08. The lowest BCUT2D eigenvalue weighted by Crippen LogP contribution is -2.46. The Hall–Kier alpha value is -5.18. The number of ether oxygens (including phenoxy) is 3. The van der Waals surface area contributed by atoms with Crippen molar-refractivity contribution in [2.45, 2.75) is 94.7 Å². The van der Waals surface area contributed by atoms with E-state index < -0.39 is 24.2 Å². The highest BCUT2D eigenvalue weighted by Crippen LogP contribution is 2.46. The number of hydrogen-bond donors (Lipinski definition) is 0. The van der Waals surface area contributed by atoms with Crippen LogP contribution in [-0.4, -0.2) is 24.6 Å². The quantitative estimate of drug-likeness (QED) is 0.0861. The normalized spacial score (nSPS) is 19.7. The summed E-state index contributed by atoms with van der Waals surface area (Å²) in [4.78, 5) is 0. The Bertz CT molecular complexity index is 2300. The molecule has 9 heteroatoms. The predicted molar refractivity (Wildman–Crippen MR) is 216 cm³/mol. The molecule has 6 aromatic rings. The fraction of sp³-hybridized carbons (Fsp3) is 0.347. The van der Waals surface area contributed by atoms with Crippen LogP contribution in [0.3, 0.4) is 0 Å². The highest BCUT2D eigenvalue weighted by atomic mass is 19.4. The molecule has 8 rings (SSSR count).